The maximum Gasteiger partial charge on any atom is 0.188 e. The van der Waals surface area contributed by atoms with E-state index in [1.807, 2.05) is 0 Å². The second-order valence-corrected chi connectivity index (χ2v) is 3.15. The molecule has 12 heavy (non-hydrogen) atoms. The summed E-state index contributed by atoms with van der Waals surface area (Å²) < 4.78 is 25.4. The third-order valence-corrected chi connectivity index (χ3v) is 2.15. The quantitative estimate of drug-likeness (QED) is 0.727. The lowest BCUT2D eigenvalue weighted by molar-refractivity contribution is 0.653. The highest BCUT2D eigenvalue weighted by Crippen LogP contribution is 2.27. The van der Waals surface area contributed by atoms with Gasteiger partial charge in [0.05, 0.1) is 11.3 Å². The van der Waals surface area contributed by atoms with Crippen molar-refractivity contribution in [2.24, 2.45) is 0 Å². The van der Waals surface area contributed by atoms with Crippen molar-refractivity contribution >= 4 is 11.3 Å². The minimum absolute atomic E-state index is 0.207. The molecule has 0 fully saturated rings. The molecule has 2 aromatic rings. The standard InChI is InChI=1S/C7H4F2N2S/c8-6-3-4(7(9)12-6)5-1-2-10-11-5/h1-3H,(H,10,11). The van der Waals surface area contributed by atoms with Crippen LogP contribution in [0, 0.1) is 10.3 Å². The van der Waals surface area contributed by atoms with Crippen LogP contribution in [0.25, 0.3) is 11.3 Å². The summed E-state index contributed by atoms with van der Waals surface area (Å²) in [7, 11) is 0. The molecule has 0 radical (unpaired) electrons. The highest BCUT2D eigenvalue weighted by Gasteiger charge is 2.11. The van der Waals surface area contributed by atoms with Crippen molar-refractivity contribution in [3.8, 4) is 11.3 Å². The van der Waals surface area contributed by atoms with Crippen LogP contribution in [0.4, 0.5) is 8.78 Å². The Balaban J connectivity index is 2.54. The molecule has 0 spiro atoms. The van der Waals surface area contributed by atoms with Crippen molar-refractivity contribution in [3.05, 3.63) is 28.6 Å². The molecule has 1 N–H and O–H groups in total. The van der Waals surface area contributed by atoms with E-state index in [0.29, 0.717) is 17.0 Å². The molecule has 0 aliphatic heterocycles. The number of rotatable bonds is 1. The van der Waals surface area contributed by atoms with Gasteiger partial charge in [-0.15, -0.1) is 0 Å². The van der Waals surface area contributed by atoms with Gasteiger partial charge in [0.1, 0.15) is 0 Å². The first-order valence-electron chi connectivity index (χ1n) is 3.22. The van der Waals surface area contributed by atoms with E-state index in [2.05, 4.69) is 10.2 Å². The topological polar surface area (TPSA) is 28.7 Å². The first kappa shape index (κ1) is 7.42. The van der Waals surface area contributed by atoms with Crippen LogP contribution < -0.4 is 0 Å². The Morgan fingerprint density at radius 1 is 1.42 bits per heavy atom. The van der Waals surface area contributed by atoms with Crippen molar-refractivity contribution in [1.29, 1.82) is 0 Å². The van der Waals surface area contributed by atoms with Crippen LogP contribution in [0.2, 0.25) is 0 Å². The molecule has 0 unspecified atom stereocenters. The van der Waals surface area contributed by atoms with Crippen LogP contribution in [0.15, 0.2) is 18.3 Å². The monoisotopic (exact) mass is 186 g/mol. The molecule has 0 aliphatic carbocycles. The van der Waals surface area contributed by atoms with Gasteiger partial charge in [0, 0.05) is 6.20 Å². The fourth-order valence-corrected chi connectivity index (χ4v) is 1.55. The van der Waals surface area contributed by atoms with Gasteiger partial charge < -0.3 is 0 Å². The van der Waals surface area contributed by atoms with E-state index in [1.54, 1.807) is 12.3 Å². The summed E-state index contributed by atoms with van der Waals surface area (Å²) in [5.74, 6) is 0. The van der Waals surface area contributed by atoms with E-state index in [-0.39, 0.29) is 5.56 Å². The van der Waals surface area contributed by atoms with E-state index in [0.717, 1.165) is 6.07 Å². The van der Waals surface area contributed by atoms with Crippen LogP contribution in [0.1, 0.15) is 0 Å². The summed E-state index contributed by atoms with van der Waals surface area (Å²) in [5.41, 5.74) is 0.631. The van der Waals surface area contributed by atoms with Gasteiger partial charge in [-0.1, -0.05) is 11.3 Å². The predicted octanol–water partition coefficient (Wildman–Crippen LogP) is 2.42. The number of aromatic amines is 1. The molecule has 0 atom stereocenters. The third-order valence-electron chi connectivity index (χ3n) is 1.43. The minimum Gasteiger partial charge on any atom is -0.285 e. The molecule has 5 heteroatoms. The second-order valence-electron chi connectivity index (χ2n) is 2.20. The third kappa shape index (κ3) is 1.12. The van der Waals surface area contributed by atoms with Crippen molar-refractivity contribution in [3.63, 3.8) is 0 Å². The Morgan fingerprint density at radius 2 is 2.25 bits per heavy atom. The zero-order valence-corrected chi connectivity index (χ0v) is 6.66. The minimum atomic E-state index is -0.542. The second kappa shape index (κ2) is 2.67. The van der Waals surface area contributed by atoms with Gasteiger partial charge >= 0.3 is 0 Å². The lowest BCUT2D eigenvalue weighted by Gasteiger charge is -1.87. The average Bonchev–Trinajstić information content (AvgIpc) is 2.58. The molecule has 0 saturated carbocycles. The maximum absolute atomic E-state index is 12.9. The molecular weight excluding hydrogens is 182 g/mol. The highest BCUT2D eigenvalue weighted by atomic mass is 32.1. The Kier molecular flexibility index (Phi) is 1.65. The number of aromatic nitrogens is 2. The number of thiophene rings is 1. The van der Waals surface area contributed by atoms with Crippen molar-refractivity contribution in [2.75, 3.05) is 0 Å². The Bertz CT molecular complexity index is 380. The Morgan fingerprint density at radius 3 is 2.75 bits per heavy atom. The zero-order valence-electron chi connectivity index (χ0n) is 5.84. The van der Waals surface area contributed by atoms with Gasteiger partial charge in [-0.25, -0.2) is 0 Å². The van der Waals surface area contributed by atoms with E-state index >= 15 is 0 Å². The molecule has 0 saturated heterocycles. The van der Waals surface area contributed by atoms with Gasteiger partial charge in [0.25, 0.3) is 0 Å². The summed E-state index contributed by atoms with van der Waals surface area (Å²) in [6, 6.07) is 2.72. The number of hydrogen-bond acceptors (Lipinski definition) is 2. The number of hydrogen-bond donors (Lipinski definition) is 1. The predicted molar refractivity (Wildman–Crippen MR) is 41.8 cm³/mol. The van der Waals surface area contributed by atoms with Crippen LogP contribution >= 0.6 is 11.3 Å². The highest BCUT2D eigenvalue weighted by molar-refractivity contribution is 7.09. The van der Waals surface area contributed by atoms with Crippen LogP contribution in [0.5, 0.6) is 0 Å². The van der Waals surface area contributed by atoms with Gasteiger partial charge in [0.15, 0.2) is 10.3 Å². The van der Waals surface area contributed by atoms with Crippen molar-refractivity contribution in [1.82, 2.24) is 10.2 Å². The van der Waals surface area contributed by atoms with E-state index in [1.165, 1.54) is 0 Å². The molecule has 2 heterocycles. The molecule has 2 nitrogen and oxygen atoms in total. The van der Waals surface area contributed by atoms with Gasteiger partial charge in [-0.2, -0.15) is 13.9 Å². The lowest BCUT2D eigenvalue weighted by Crippen LogP contribution is -1.76. The van der Waals surface area contributed by atoms with E-state index in [4.69, 9.17) is 0 Å². The molecule has 0 aliphatic rings. The molecule has 62 valence electrons. The van der Waals surface area contributed by atoms with Crippen LogP contribution in [-0.2, 0) is 0 Å². The summed E-state index contributed by atoms with van der Waals surface area (Å²) in [6.07, 6.45) is 1.56. The molecular formula is C7H4F2N2S. The smallest absolute Gasteiger partial charge is 0.188 e. The molecule has 2 rings (SSSR count). The van der Waals surface area contributed by atoms with Gasteiger partial charge in [-0.05, 0) is 12.1 Å². The number of nitrogens with zero attached hydrogens (tertiary/aromatic N) is 1. The molecule has 0 amide bonds. The van der Waals surface area contributed by atoms with Crippen LogP contribution in [0.3, 0.4) is 0 Å². The molecule has 0 bridgehead atoms. The SMILES string of the molecule is Fc1cc(-c2cc[nH]n2)c(F)s1. The summed E-state index contributed by atoms with van der Waals surface area (Å²) in [4.78, 5) is 0. The fourth-order valence-electron chi connectivity index (χ4n) is 0.925. The van der Waals surface area contributed by atoms with E-state index in [9.17, 15) is 8.78 Å². The maximum atomic E-state index is 12.9. The number of halogens is 2. The largest absolute Gasteiger partial charge is 0.285 e. The van der Waals surface area contributed by atoms with Gasteiger partial charge in [-0.3, -0.25) is 5.10 Å². The number of nitrogens with one attached hydrogen (secondary N) is 1. The lowest BCUT2D eigenvalue weighted by atomic mass is 10.2. The van der Waals surface area contributed by atoms with Gasteiger partial charge in [0.2, 0.25) is 0 Å². The average molecular weight is 186 g/mol. The Hall–Kier alpha value is -1.23. The summed E-state index contributed by atoms with van der Waals surface area (Å²) >= 11 is 0.480. The Labute approximate surface area is 70.9 Å². The van der Waals surface area contributed by atoms with E-state index < -0.39 is 10.3 Å². The molecule has 2 aromatic heterocycles. The van der Waals surface area contributed by atoms with Crippen molar-refractivity contribution < 1.29 is 8.78 Å². The summed E-state index contributed by atoms with van der Waals surface area (Å²) in [5, 5.41) is 5.19. The fraction of sp³-hybridized carbons (Fsp3) is 0. The zero-order chi connectivity index (χ0) is 8.55. The first-order chi connectivity index (χ1) is 5.77. The molecule has 0 aromatic carbocycles. The van der Waals surface area contributed by atoms with Crippen LogP contribution in [-0.4, -0.2) is 10.2 Å². The first-order valence-corrected chi connectivity index (χ1v) is 4.04. The summed E-state index contributed by atoms with van der Waals surface area (Å²) in [6.45, 7) is 0. The number of H-pyrrole nitrogens is 1. The van der Waals surface area contributed by atoms with Crippen molar-refractivity contribution in [2.45, 2.75) is 0 Å². The normalized spacial score (nSPS) is 10.5.